The number of nitrogen functional groups attached to an aromatic ring is 1. The molecule has 0 saturated carbocycles. The number of aryl methyl sites for hydroxylation is 2. The lowest BCUT2D eigenvalue weighted by molar-refractivity contribution is 0.768. The van der Waals surface area contributed by atoms with Crippen molar-refractivity contribution in [1.29, 1.82) is 0 Å². The summed E-state index contributed by atoms with van der Waals surface area (Å²) in [6, 6.07) is 5.81. The summed E-state index contributed by atoms with van der Waals surface area (Å²) in [7, 11) is 1.89. The summed E-state index contributed by atoms with van der Waals surface area (Å²) in [4.78, 5) is 0. The van der Waals surface area contributed by atoms with E-state index in [0.29, 0.717) is 0 Å². The molecule has 0 spiro atoms. The molecule has 1 aromatic carbocycles. The second kappa shape index (κ2) is 3.65. The molecule has 1 aromatic heterocycles. The van der Waals surface area contributed by atoms with Gasteiger partial charge in [-0.3, -0.25) is 4.68 Å². The number of anilines is 3. The van der Waals surface area contributed by atoms with Crippen LogP contribution in [0, 0.1) is 6.92 Å². The number of benzene rings is 1. The van der Waals surface area contributed by atoms with Gasteiger partial charge in [-0.15, -0.1) is 0 Å². The lowest BCUT2D eigenvalue weighted by atomic mass is 10.2. The lowest BCUT2D eigenvalue weighted by Gasteiger charge is -2.07. The number of aromatic nitrogens is 2. The molecule has 2 rings (SSSR count). The molecule has 0 unspecified atom stereocenters. The predicted octanol–water partition coefficient (Wildman–Crippen LogP) is 2.05. The maximum Gasteiger partial charge on any atom is 0.0770 e. The van der Waals surface area contributed by atoms with Gasteiger partial charge in [0.05, 0.1) is 11.9 Å². The quantitative estimate of drug-likeness (QED) is 0.733. The van der Waals surface area contributed by atoms with E-state index in [0.717, 1.165) is 22.6 Å². The Morgan fingerprint density at radius 2 is 2.20 bits per heavy atom. The molecular weight excluding hydrogens is 188 g/mol. The van der Waals surface area contributed by atoms with E-state index < -0.39 is 0 Å². The van der Waals surface area contributed by atoms with Crippen molar-refractivity contribution in [2.24, 2.45) is 7.05 Å². The Kier molecular flexibility index (Phi) is 2.33. The summed E-state index contributed by atoms with van der Waals surface area (Å²) in [6.07, 6.45) is 3.70. The van der Waals surface area contributed by atoms with E-state index in [9.17, 15) is 0 Å². The zero-order chi connectivity index (χ0) is 10.8. The van der Waals surface area contributed by atoms with E-state index in [4.69, 9.17) is 5.73 Å². The third kappa shape index (κ3) is 2.10. The molecule has 0 amide bonds. The Balaban J connectivity index is 2.27. The van der Waals surface area contributed by atoms with Crippen LogP contribution in [-0.2, 0) is 7.05 Å². The van der Waals surface area contributed by atoms with Crippen molar-refractivity contribution in [1.82, 2.24) is 9.78 Å². The Morgan fingerprint density at radius 1 is 1.40 bits per heavy atom. The predicted molar refractivity (Wildman–Crippen MR) is 62.1 cm³/mol. The smallest absolute Gasteiger partial charge is 0.0770 e. The van der Waals surface area contributed by atoms with Crippen LogP contribution in [-0.4, -0.2) is 9.78 Å². The first-order chi connectivity index (χ1) is 7.15. The molecule has 78 valence electrons. The Labute approximate surface area is 88.7 Å². The average Bonchev–Trinajstić information content (AvgIpc) is 2.58. The Morgan fingerprint density at radius 3 is 2.87 bits per heavy atom. The van der Waals surface area contributed by atoms with Crippen LogP contribution in [0.25, 0.3) is 0 Å². The fraction of sp³-hybridized carbons (Fsp3) is 0.182. The second-order valence-electron chi connectivity index (χ2n) is 3.60. The minimum Gasteiger partial charge on any atom is -0.399 e. The van der Waals surface area contributed by atoms with Crippen LogP contribution < -0.4 is 11.1 Å². The van der Waals surface area contributed by atoms with Crippen molar-refractivity contribution in [2.75, 3.05) is 11.1 Å². The van der Waals surface area contributed by atoms with E-state index in [2.05, 4.69) is 10.4 Å². The standard InChI is InChI=1S/C11H14N4/c1-8-3-4-9(12)5-11(8)14-10-6-13-15(2)7-10/h3-7,14H,12H2,1-2H3. The van der Waals surface area contributed by atoms with Crippen molar-refractivity contribution in [2.45, 2.75) is 6.92 Å². The van der Waals surface area contributed by atoms with Gasteiger partial charge in [-0.2, -0.15) is 5.10 Å². The third-order valence-corrected chi connectivity index (χ3v) is 2.25. The van der Waals surface area contributed by atoms with Crippen molar-refractivity contribution in [3.63, 3.8) is 0 Å². The molecule has 0 aliphatic heterocycles. The van der Waals surface area contributed by atoms with Gasteiger partial charge in [-0.25, -0.2) is 0 Å². The van der Waals surface area contributed by atoms with Gasteiger partial charge >= 0.3 is 0 Å². The largest absolute Gasteiger partial charge is 0.399 e. The SMILES string of the molecule is Cc1ccc(N)cc1Nc1cnn(C)c1. The molecule has 0 aliphatic carbocycles. The zero-order valence-electron chi connectivity index (χ0n) is 8.86. The first-order valence-electron chi connectivity index (χ1n) is 4.77. The van der Waals surface area contributed by atoms with Gasteiger partial charge in [0.2, 0.25) is 0 Å². The highest BCUT2D eigenvalue weighted by molar-refractivity contribution is 5.66. The molecule has 0 saturated heterocycles. The molecule has 4 heteroatoms. The number of nitrogens with two attached hydrogens (primary N) is 1. The summed E-state index contributed by atoms with van der Waals surface area (Å²) < 4.78 is 1.75. The highest BCUT2D eigenvalue weighted by Gasteiger charge is 2.00. The summed E-state index contributed by atoms with van der Waals surface area (Å²) in [5.41, 5.74) is 9.62. The number of rotatable bonds is 2. The number of hydrogen-bond acceptors (Lipinski definition) is 3. The fourth-order valence-corrected chi connectivity index (χ4v) is 1.42. The van der Waals surface area contributed by atoms with Crippen LogP contribution in [0.1, 0.15) is 5.56 Å². The van der Waals surface area contributed by atoms with Gasteiger partial charge in [-0.1, -0.05) is 6.07 Å². The minimum absolute atomic E-state index is 0.756. The van der Waals surface area contributed by atoms with Gasteiger partial charge in [-0.05, 0) is 24.6 Å². The molecule has 1 heterocycles. The Hall–Kier alpha value is -1.97. The van der Waals surface area contributed by atoms with Crippen molar-refractivity contribution in [3.05, 3.63) is 36.2 Å². The summed E-state index contributed by atoms with van der Waals surface area (Å²) in [5, 5.41) is 7.36. The molecule has 2 aromatic rings. The third-order valence-electron chi connectivity index (χ3n) is 2.25. The van der Waals surface area contributed by atoms with E-state index in [1.54, 1.807) is 10.9 Å². The normalized spacial score (nSPS) is 10.3. The molecule has 0 aliphatic rings. The molecule has 0 fully saturated rings. The fourth-order valence-electron chi connectivity index (χ4n) is 1.42. The lowest BCUT2D eigenvalue weighted by Crippen LogP contribution is -1.94. The first-order valence-corrected chi connectivity index (χ1v) is 4.77. The van der Waals surface area contributed by atoms with Crippen LogP contribution in [0.15, 0.2) is 30.6 Å². The van der Waals surface area contributed by atoms with Crippen molar-refractivity contribution < 1.29 is 0 Å². The van der Waals surface area contributed by atoms with E-state index in [1.807, 2.05) is 38.4 Å². The summed E-state index contributed by atoms with van der Waals surface area (Å²) in [6.45, 7) is 2.04. The first kappa shape index (κ1) is 9.58. The summed E-state index contributed by atoms with van der Waals surface area (Å²) in [5.74, 6) is 0. The topological polar surface area (TPSA) is 55.9 Å². The van der Waals surface area contributed by atoms with Crippen LogP contribution in [0.2, 0.25) is 0 Å². The van der Waals surface area contributed by atoms with Gasteiger partial charge in [0.1, 0.15) is 0 Å². The Bertz CT molecular complexity index is 473. The van der Waals surface area contributed by atoms with Crippen LogP contribution in [0.5, 0.6) is 0 Å². The number of nitrogens with one attached hydrogen (secondary N) is 1. The highest BCUT2D eigenvalue weighted by atomic mass is 15.3. The monoisotopic (exact) mass is 202 g/mol. The van der Waals surface area contributed by atoms with Gasteiger partial charge in [0.25, 0.3) is 0 Å². The van der Waals surface area contributed by atoms with E-state index >= 15 is 0 Å². The van der Waals surface area contributed by atoms with Crippen molar-refractivity contribution in [3.8, 4) is 0 Å². The molecule has 15 heavy (non-hydrogen) atoms. The molecule has 0 bridgehead atoms. The molecule has 0 atom stereocenters. The molecule has 4 nitrogen and oxygen atoms in total. The number of nitrogens with zero attached hydrogens (tertiary/aromatic N) is 2. The van der Waals surface area contributed by atoms with Crippen molar-refractivity contribution >= 4 is 17.1 Å². The molecule has 3 N–H and O–H groups in total. The maximum absolute atomic E-state index is 5.73. The highest BCUT2D eigenvalue weighted by Crippen LogP contribution is 2.22. The zero-order valence-corrected chi connectivity index (χ0v) is 8.86. The van der Waals surface area contributed by atoms with Crippen LogP contribution >= 0.6 is 0 Å². The van der Waals surface area contributed by atoms with E-state index in [-0.39, 0.29) is 0 Å². The van der Waals surface area contributed by atoms with Gasteiger partial charge < -0.3 is 11.1 Å². The second-order valence-corrected chi connectivity index (χ2v) is 3.60. The molecular formula is C11H14N4. The average molecular weight is 202 g/mol. The molecule has 0 radical (unpaired) electrons. The van der Waals surface area contributed by atoms with Gasteiger partial charge in [0, 0.05) is 24.6 Å². The minimum atomic E-state index is 0.756. The van der Waals surface area contributed by atoms with Gasteiger partial charge in [0.15, 0.2) is 0 Å². The summed E-state index contributed by atoms with van der Waals surface area (Å²) >= 11 is 0. The maximum atomic E-state index is 5.73. The number of hydrogen-bond donors (Lipinski definition) is 2. The van der Waals surface area contributed by atoms with E-state index in [1.165, 1.54) is 0 Å². The van der Waals surface area contributed by atoms with Crippen LogP contribution in [0.4, 0.5) is 17.1 Å². The van der Waals surface area contributed by atoms with Crippen LogP contribution in [0.3, 0.4) is 0 Å².